The molecule has 0 aliphatic carbocycles. The fourth-order valence-electron chi connectivity index (χ4n) is 6.21. The standard InChI is InChI=1S/C31H68O12P4/c1-3-5-7-9-11-13-15-17-19-21-23-25-31(43-47(38)39,26-24-22-20-18-16-14-12-10-8-6-4-2)30(27-40-44(32)33,28-41-45(34)35)29-42-46(36)37/h32-39H,3-29H2,1-2H3. The molecule has 0 amide bonds. The van der Waals surface area contributed by atoms with Crippen LogP contribution in [0.2, 0.25) is 0 Å². The largest absolute Gasteiger partial charge is 0.328 e. The van der Waals surface area contributed by atoms with Crippen LogP contribution in [0.15, 0.2) is 0 Å². The van der Waals surface area contributed by atoms with Crippen molar-refractivity contribution < 1.29 is 57.2 Å². The van der Waals surface area contributed by atoms with Crippen LogP contribution in [0.5, 0.6) is 0 Å². The van der Waals surface area contributed by atoms with Gasteiger partial charge in [-0.1, -0.05) is 155 Å². The normalized spacial score (nSPS) is 12.9. The van der Waals surface area contributed by atoms with Crippen molar-refractivity contribution in [2.75, 3.05) is 19.8 Å². The Bertz CT molecular complexity index is 623. The molecule has 0 saturated carbocycles. The van der Waals surface area contributed by atoms with E-state index in [9.17, 15) is 39.1 Å². The topological polar surface area (TPSA) is 199 Å². The summed E-state index contributed by atoms with van der Waals surface area (Å²) in [6.45, 7) is 2.91. The predicted octanol–water partition coefficient (Wildman–Crippen LogP) is 9.03. The summed E-state index contributed by atoms with van der Waals surface area (Å²) in [5.74, 6) is 0. The van der Waals surface area contributed by atoms with Gasteiger partial charge < -0.3 is 57.2 Å². The van der Waals surface area contributed by atoms with Gasteiger partial charge in [-0.3, -0.25) is 0 Å². The third kappa shape index (κ3) is 25.8. The molecule has 0 radical (unpaired) electrons. The van der Waals surface area contributed by atoms with E-state index in [0.29, 0.717) is 12.8 Å². The molecule has 8 N–H and O–H groups in total. The van der Waals surface area contributed by atoms with Crippen LogP contribution >= 0.6 is 34.4 Å². The van der Waals surface area contributed by atoms with Gasteiger partial charge in [0.05, 0.1) is 30.8 Å². The molecule has 16 heteroatoms. The van der Waals surface area contributed by atoms with Crippen LogP contribution in [0.4, 0.5) is 0 Å². The Hall–Kier alpha value is 1.24. The van der Waals surface area contributed by atoms with Crippen molar-refractivity contribution in [3.63, 3.8) is 0 Å². The molecule has 0 aliphatic heterocycles. The van der Waals surface area contributed by atoms with Gasteiger partial charge >= 0.3 is 34.4 Å². The van der Waals surface area contributed by atoms with E-state index in [1.807, 2.05) is 0 Å². The van der Waals surface area contributed by atoms with Crippen molar-refractivity contribution in [3.05, 3.63) is 0 Å². The third-order valence-electron chi connectivity index (χ3n) is 8.96. The quantitative estimate of drug-likeness (QED) is 0.0223. The summed E-state index contributed by atoms with van der Waals surface area (Å²) in [6, 6.07) is 0. The highest BCUT2D eigenvalue weighted by Gasteiger charge is 2.55. The average Bonchev–Trinajstić information content (AvgIpc) is 3.01. The molecule has 0 aromatic rings. The molecule has 0 aliphatic rings. The summed E-state index contributed by atoms with van der Waals surface area (Å²) in [5.41, 5.74) is -3.04. The Morgan fingerprint density at radius 2 is 0.617 bits per heavy atom. The minimum absolute atomic E-state index is 0.274. The van der Waals surface area contributed by atoms with E-state index in [-0.39, 0.29) is 12.8 Å². The average molecular weight is 757 g/mol. The van der Waals surface area contributed by atoms with Gasteiger partial charge in [0.2, 0.25) is 0 Å². The highest BCUT2D eigenvalue weighted by molar-refractivity contribution is 7.40. The van der Waals surface area contributed by atoms with Gasteiger partial charge in [0.15, 0.2) is 0 Å². The predicted molar refractivity (Wildman–Crippen MR) is 192 cm³/mol. The Morgan fingerprint density at radius 3 is 0.851 bits per heavy atom. The smallest absolute Gasteiger partial charge is 0.327 e. The zero-order chi connectivity index (χ0) is 35.2. The molecule has 12 nitrogen and oxygen atoms in total. The van der Waals surface area contributed by atoms with Crippen molar-refractivity contribution in [2.24, 2.45) is 5.41 Å². The van der Waals surface area contributed by atoms with E-state index in [0.717, 1.165) is 51.4 Å². The first-order chi connectivity index (χ1) is 22.5. The van der Waals surface area contributed by atoms with Gasteiger partial charge in [0, 0.05) is 0 Å². The fraction of sp³-hybridized carbons (Fsp3) is 1.00. The summed E-state index contributed by atoms with van der Waals surface area (Å²) < 4.78 is 21.7. The maximum absolute atomic E-state index is 10.2. The van der Waals surface area contributed by atoms with Crippen molar-refractivity contribution in [3.8, 4) is 0 Å². The van der Waals surface area contributed by atoms with Gasteiger partial charge in [0.25, 0.3) is 0 Å². The number of hydrogen-bond acceptors (Lipinski definition) is 12. The summed E-state index contributed by atoms with van der Waals surface area (Å²) in [5, 5.41) is 0. The number of hydrogen-bond donors (Lipinski definition) is 8. The van der Waals surface area contributed by atoms with Crippen LogP contribution in [-0.2, 0) is 18.1 Å². The number of rotatable bonds is 36. The van der Waals surface area contributed by atoms with E-state index in [2.05, 4.69) is 13.8 Å². The molecule has 0 fully saturated rings. The van der Waals surface area contributed by atoms with E-state index >= 15 is 0 Å². The van der Waals surface area contributed by atoms with Crippen molar-refractivity contribution in [1.82, 2.24) is 0 Å². The maximum atomic E-state index is 10.2. The van der Waals surface area contributed by atoms with Crippen LogP contribution in [-0.4, -0.2) is 64.6 Å². The highest BCUT2D eigenvalue weighted by atomic mass is 31.2. The van der Waals surface area contributed by atoms with E-state index < -0.39 is 65.2 Å². The fourth-order valence-corrected chi connectivity index (χ4v) is 7.99. The van der Waals surface area contributed by atoms with E-state index in [1.165, 1.54) is 77.0 Å². The summed E-state index contributed by atoms with van der Waals surface area (Å²) in [7, 11) is -11.5. The second-order valence-corrected chi connectivity index (χ2v) is 15.7. The monoisotopic (exact) mass is 756 g/mol. The Morgan fingerprint density at radius 1 is 0.362 bits per heavy atom. The molecule has 0 unspecified atom stereocenters. The van der Waals surface area contributed by atoms with Crippen molar-refractivity contribution in [2.45, 2.75) is 174 Å². The second-order valence-electron chi connectivity index (χ2n) is 12.8. The Kier molecular flexibility index (Phi) is 32.8. The van der Waals surface area contributed by atoms with Crippen LogP contribution < -0.4 is 0 Å². The first-order valence-corrected chi connectivity index (χ1v) is 22.5. The SMILES string of the molecule is CCCCCCCCCCCCCC(CCCCCCCCCCCCC)(OP(O)O)C(COP(O)O)(COP(O)O)COP(O)O. The van der Waals surface area contributed by atoms with Crippen molar-refractivity contribution in [1.29, 1.82) is 0 Å². The molecule has 0 rings (SSSR count). The molecule has 0 atom stereocenters. The van der Waals surface area contributed by atoms with Gasteiger partial charge in [-0.25, -0.2) is 0 Å². The second kappa shape index (κ2) is 31.9. The zero-order valence-corrected chi connectivity index (χ0v) is 32.7. The molecule has 0 heterocycles. The molecule has 0 saturated heterocycles. The minimum Gasteiger partial charge on any atom is -0.328 e. The van der Waals surface area contributed by atoms with Crippen LogP contribution in [0.1, 0.15) is 168 Å². The van der Waals surface area contributed by atoms with Crippen LogP contribution in [0, 0.1) is 5.41 Å². The molecular formula is C31H68O12P4. The van der Waals surface area contributed by atoms with E-state index in [1.54, 1.807) is 0 Å². The van der Waals surface area contributed by atoms with Gasteiger partial charge in [-0.15, -0.1) is 0 Å². The lowest BCUT2D eigenvalue weighted by molar-refractivity contribution is -0.140. The van der Waals surface area contributed by atoms with Gasteiger partial charge in [-0.05, 0) is 12.8 Å². The number of unbranched alkanes of at least 4 members (excludes halogenated alkanes) is 20. The molecule has 0 spiro atoms. The minimum atomic E-state index is -2.94. The molecule has 0 aromatic carbocycles. The molecule has 284 valence electrons. The summed E-state index contributed by atoms with van der Waals surface area (Å²) >= 11 is 0. The Labute approximate surface area is 290 Å². The first kappa shape index (κ1) is 48.2. The Balaban J connectivity index is 5.74. The first-order valence-electron chi connectivity index (χ1n) is 17.8. The lowest BCUT2D eigenvalue weighted by Gasteiger charge is -2.49. The van der Waals surface area contributed by atoms with Crippen LogP contribution in [0.25, 0.3) is 0 Å². The van der Waals surface area contributed by atoms with Crippen LogP contribution in [0.3, 0.4) is 0 Å². The zero-order valence-electron chi connectivity index (χ0n) is 29.1. The van der Waals surface area contributed by atoms with Crippen molar-refractivity contribution >= 4 is 34.4 Å². The summed E-state index contributed by atoms with van der Waals surface area (Å²) in [4.78, 5) is 78.4. The molecular weight excluding hydrogens is 688 g/mol. The third-order valence-corrected chi connectivity index (χ3v) is 10.6. The van der Waals surface area contributed by atoms with Gasteiger partial charge in [0.1, 0.15) is 0 Å². The maximum Gasteiger partial charge on any atom is 0.327 e. The lowest BCUT2D eigenvalue weighted by atomic mass is 9.68. The molecule has 0 bridgehead atoms. The van der Waals surface area contributed by atoms with E-state index in [4.69, 9.17) is 18.1 Å². The molecule has 0 aromatic heterocycles. The summed E-state index contributed by atoms with van der Waals surface area (Å²) in [6.07, 6.45) is 24.9. The highest BCUT2D eigenvalue weighted by Crippen LogP contribution is 2.53. The van der Waals surface area contributed by atoms with Gasteiger partial charge in [-0.2, -0.15) is 0 Å². The lowest BCUT2D eigenvalue weighted by Crippen LogP contribution is -2.57. The molecule has 47 heavy (non-hydrogen) atoms.